The lowest BCUT2D eigenvalue weighted by molar-refractivity contribution is 0.0939. The average Bonchev–Trinajstić information content (AvgIpc) is 2.92. The van der Waals surface area contributed by atoms with Gasteiger partial charge in [-0.15, -0.1) is 11.3 Å². The fourth-order valence-corrected chi connectivity index (χ4v) is 2.33. The lowest BCUT2D eigenvalue weighted by atomic mass is 10.2. The molecule has 0 saturated carbocycles. The monoisotopic (exact) mass is 297 g/mol. The predicted molar refractivity (Wildman–Crippen MR) is 75.1 cm³/mol. The van der Waals surface area contributed by atoms with Crippen LogP contribution < -0.4 is 16.6 Å². The van der Waals surface area contributed by atoms with Gasteiger partial charge in [0.1, 0.15) is 5.01 Å². The lowest BCUT2D eigenvalue weighted by Gasteiger charge is -2.11. The van der Waals surface area contributed by atoms with Gasteiger partial charge in [0.15, 0.2) is 5.82 Å². The molecule has 0 aliphatic heterocycles. The van der Waals surface area contributed by atoms with Crippen molar-refractivity contribution in [3.8, 4) is 0 Å². The van der Waals surface area contributed by atoms with Crippen molar-refractivity contribution in [3.05, 3.63) is 39.4 Å². The molecule has 8 heteroatoms. The Bertz CT molecular complexity index is 574. The summed E-state index contributed by atoms with van der Waals surface area (Å²) in [5.74, 6) is 5.28. The summed E-state index contributed by atoms with van der Waals surface area (Å²) < 4.78 is 0. The highest BCUT2D eigenvalue weighted by Gasteiger charge is 2.14. The van der Waals surface area contributed by atoms with E-state index < -0.39 is 0 Å². The second-order valence-corrected chi connectivity index (χ2v) is 5.10. The number of rotatable bonds is 4. The summed E-state index contributed by atoms with van der Waals surface area (Å²) in [6, 6.07) is 1.34. The molecule has 6 nitrogen and oxygen atoms in total. The van der Waals surface area contributed by atoms with Crippen molar-refractivity contribution >= 4 is 34.7 Å². The summed E-state index contributed by atoms with van der Waals surface area (Å²) in [7, 11) is 0. The zero-order valence-electron chi connectivity index (χ0n) is 10.1. The van der Waals surface area contributed by atoms with Crippen molar-refractivity contribution in [1.82, 2.24) is 15.3 Å². The molecule has 0 aliphatic rings. The number of halogens is 1. The molecule has 0 spiro atoms. The molecule has 2 rings (SSSR count). The van der Waals surface area contributed by atoms with Gasteiger partial charge in [-0.2, -0.15) is 0 Å². The zero-order chi connectivity index (χ0) is 13.8. The second-order valence-electron chi connectivity index (χ2n) is 3.76. The largest absolute Gasteiger partial charge is 0.343 e. The van der Waals surface area contributed by atoms with E-state index in [2.05, 4.69) is 20.7 Å². The number of nitrogen functional groups attached to an aromatic ring is 1. The van der Waals surface area contributed by atoms with Gasteiger partial charge in [-0.3, -0.25) is 4.79 Å². The van der Waals surface area contributed by atoms with E-state index in [1.165, 1.54) is 23.6 Å². The van der Waals surface area contributed by atoms with Gasteiger partial charge in [0, 0.05) is 17.8 Å². The van der Waals surface area contributed by atoms with E-state index in [4.69, 9.17) is 17.4 Å². The van der Waals surface area contributed by atoms with Gasteiger partial charge >= 0.3 is 0 Å². The molecule has 2 heterocycles. The quantitative estimate of drug-likeness (QED) is 0.592. The van der Waals surface area contributed by atoms with Crippen molar-refractivity contribution in [2.75, 3.05) is 5.43 Å². The Morgan fingerprint density at radius 2 is 2.32 bits per heavy atom. The number of aromatic nitrogens is 2. The number of anilines is 1. The van der Waals surface area contributed by atoms with Crippen molar-refractivity contribution in [1.29, 1.82) is 0 Å². The van der Waals surface area contributed by atoms with Crippen LogP contribution in [0.15, 0.2) is 23.8 Å². The Kier molecular flexibility index (Phi) is 4.31. The van der Waals surface area contributed by atoms with E-state index in [0.717, 1.165) is 5.01 Å². The molecule has 100 valence electrons. The molecule has 2 aromatic heterocycles. The van der Waals surface area contributed by atoms with Crippen molar-refractivity contribution in [2.24, 2.45) is 5.84 Å². The zero-order valence-corrected chi connectivity index (χ0v) is 11.6. The van der Waals surface area contributed by atoms with Gasteiger partial charge in [0.25, 0.3) is 5.91 Å². The van der Waals surface area contributed by atoms with Crippen LogP contribution in [0.4, 0.5) is 5.82 Å². The number of hydrogen-bond acceptors (Lipinski definition) is 6. The predicted octanol–water partition coefficient (Wildman–Crippen LogP) is 1.97. The maximum atomic E-state index is 12.0. The number of nitrogens with zero attached hydrogens (tertiary/aromatic N) is 2. The number of nitrogens with one attached hydrogen (secondary N) is 2. The molecule has 1 unspecified atom stereocenters. The van der Waals surface area contributed by atoms with Crippen molar-refractivity contribution in [3.63, 3.8) is 0 Å². The summed E-state index contributed by atoms with van der Waals surface area (Å²) >= 11 is 7.40. The van der Waals surface area contributed by atoms with Crippen LogP contribution in [-0.4, -0.2) is 15.9 Å². The number of pyridine rings is 1. The van der Waals surface area contributed by atoms with Crippen LogP contribution in [0.2, 0.25) is 5.02 Å². The minimum atomic E-state index is -0.263. The first kappa shape index (κ1) is 13.7. The molecule has 0 aromatic carbocycles. The molecule has 0 saturated heterocycles. The van der Waals surface area contributed by atoms with Gasteiger partial charge in [-0.05, 0) is 13.0 Å². The number of hydrazine groups is 1. The van der Waals surface area contributed by atoms with Crippen molar-refractivity contribution in [2.45, 2.75) is 13.0 Å². The molecule has 0 fully saturated rings. The molecule has 0 aliphatic carbocycles. The Balaban J connectivity index is 2.10. The highest BCUT2D eigenvalue weighted by molar-refractivity contribution is 7.09. The fourth-order valence-electron chi connectivity index (χ4n) is 1.46. The minimum Gasteiger partial charge on any atom is -0.343 e. The van der Waals surface area contributed by atoms with E-state index in [1.54, 1.807) is 6.20 Å². The van der Waals surface area contributed by atoms with E-state index >= 15 is 0 Å². The van der Waals surface area contributed by atoms with Crippen LogP contribution in [0.25, 0.3) is 0 Å². The first-order chi connectivity index (χ1) is 9.11. The van der Waals surface area contributed by atoms with Crippen LogP contribution in [0.1, 0.15) is 28.3 Å². The topological polar surface area (TPSA) is 92.9 Å². The Morgan fingerprint density at radius 3 is 2.89 bits per heavy atom. The molecule has 2 aromatic rings. The maximum Gasteiger partial charge on any atom is 0.253 e. The molecule has 1 atom stereocenters. The van der Waals surface area contributed by atoms with Crippen LogP contribution in [-0.2, 0) is 0 Å². The third-order valence-corrected chi connectivity index (χ3v) is 3.66. The van der Waals surface area contributed by atoms with E-state index in [0.29, 0.717) is 11.4 Å². The van der Waals surface area contributed by atoms with E-state index in [1.807, 2.05) is 12.3 Å². The molecule has 1 amide bonds. The first-order valence-electron chi connectivity index (χ1n) is 5.44. The number of nitrogens with two attached hydrogens (primary N) is 1. The van der Waals surface area contributed by atoms with Crippen LogP contribution in [0, 0.1) is 0 Å². The Morgan fingerprint density at radius 1 is 1.53 bits per heavy atom. The van der Waals surface area contributed by atoms with E-state index in [9.17, 15) is 4.79 Å². The first-order valence-corrected chi connectivity index (χ1v) is 6.70. The standard InChI is InChI=1S/C11H12ClN5OS/c1-6(11-14-2-3-19-11)16-10(18)7-4-8(12)9(17-13)15-5-7/h2-6H,13H2,1H3,(H,15,17)(H,16,18). The smallest absolute Gasteiger partial charge is 0.253 e. The third-order valence-electron chi connectivity index (χ3n) is 2.41. The fraction of sp³-hybridized carbons (Fsp3) is 0.182. The number of carbonyl (C=O) groups is 1. The van der Waals surface area contributed by atoms with E-state index in [-0.39, 0.29) is 17.0 Å². The minimum absolute atomic E-state index is 0.168. The number of hydrogen-bond donors (Lipinski definition) is 3. The number of carbonyl (C=O) groups excluding carboxylic acids is 1. The van der Waals surface area contributed by atoms with Crippen LogP contribution in [0.5, 0.6) is 0 Å². The molecule has 4 N–H and O–H groups in total. The molecule has 0 bridgehead atoms. The molecular weight excluding hydrogens is 286 g/mol. The van der Waals surface area contributed by atoms with Gasteiger partial charge in [-0.1, -0.05) is 11.6 Å². The molecule has 19 heavy (non-hydrogen) atoms. The SMILES string of the molecule is CC(NC(=O)c1cnc(NN)c(Cl)c1)c1nccs1. The number of amides is 1. The summed E-state index contributed by atoms with van der Waals surface area (Å²) in [6.07, 6.45) is 3.10. The van der Waals surface area contributed by atoms with Gasteiger partial charge in [0.05, 0.1) is 16.6 Å². The highest BCUT2D eigenvalue weighted by atomic mass is 35.5. The van der Waals surface area contributed by atoms with Crippen molar-refractivity contribution < 1.29 is 4.79 Å². The maximum absolute atomic E-state index is 12.0. The van der Waals surface area contributed by atoms with Gasteiger partial charge in [0.2, 0.25) is 0 Å². The average molecular weight is 298 g/mol. The van der Waals surface area contributed by atoms with Gasteiger partial charge in [-0.25, -0.2) is 15.8 Å². The summed E-state index contributed by atoms with van der Waals surface area (Å²) in [6.45, 7) is 1.86. The third kappa shape index (κ3) is 3.19. The Labute approximate surface area is 119 Å². The van der Waals surface area contributed by atoms with Crippen LogP contribution >= 0.6 is 22.9 Å². The van der Waals surface area contributed by atoms with Gasteiger partial charge < -0.3 is 10.7 Å². The normalized spacial score (nSPS) is 11.9. The molecular formula is C11H12ClN5OS. The second kappa shape index (κ2) is 5.96. The van der Waals surface area contributed by atoms with Crippen LogP contribution in [0.3, 0.4) is 0 Å². The Hall–Kier alpha value is -1.70. The number of thiazole rings is 1. The summed E-state index contributed by atoms with van der Waals surface area (Å²) in [5.41, 5.74) is 2.71. The summed E-state index contributed by atoms with van der Waals surface area (Å²) in [5, 5.41) is 5.81. The summed E-state index contributed by atoms with van der Waals surface area (Å²) in [4.78, 5) is 20.1. The molecule has 0 radical (unpaired) electrons. The highest BCUT2D eigenvalue weighted by Crippen LogP contribution is 2.20. The lowest BCUT2D eigenvalue weighted by Crippen LogP contribution is -2.26.